The highest BCUT2D eigenvalue weighted by atomic mass is 35.5. The second kappa shape index (κ2) is 9.40. The van der Waals surface area contributed by atoms with Crippen LogP contribution in [0.1, 0.15) is 11.4 Å². The van der Waals surface area contributed by atoms with Crippen molar-refractivity contribution in [3.05, 3.63) is 83.3 Å². The lowest BCUT2D eigenvalue weighted by molar-refractivity contribution is 0.256. The maximum absolute atomic E-state index is 12.6. The minimum Gasteiger partial charge on any atom is -0.324 e. The number of aryl methyl sites for hydroxylation is 2. The number of urea groups is 1. The SMILES string of the molecule is Cc1cc(C)nc(/N=C(/NC(=O)Nc2cccc(Cl)c2)Nc2cnc3ccccc3c2)n1. The van der Waals surface area contributed by atoms with Gasteiger partial charge < -0.3 is 10.6 Å². The van der Waals surface area contributed by atoms with Crippen LogP contribution in [-0.4, -0.2) is 26.9 Å². The van der Waals surface area contributed by atoms with Gasteiger partial charge in [-0.1, -0.05) is 35.9 Å². The largest absolute Gasteiger partial charge is 0.326 e. The molecule has 2 heterocycles. The number of rotatable bonds is 3. The van der Waals surface area contributed by atoms with E-state index in [1.165, 1.54) is 0 Å². The lowest BCUT2D eigenvalue weighted by Crippen LogP contribution is -2.38. The van der Waals surface area contributed by atoms with Gasteiger partial charge in [-0.3, -0.25) is 10.3 Å². The Morgan fingerprint density at radius 2 is 1.69 bits per heavy atom. The minimum atomic E-state index is -0.503. The van der Waals surface area contributed by atoms with Crippen LogP contribution in [0.15, 0.2) is 71.9 Å². The molecule has 9 heteroatoms. The molecule has 2 aromatic carbocycles. The number of aromatic nitrogens is 3. The fourth-order valence-corrected chi connectivity index (χ4v) is 3.25. The zero-order chi connectivity index (χ0) is 22.5. The van der Waals surface area contributed by atoms with Gasteiger partial charge in [-0.2, -0.15) is 4.99 Å². The molecule has 0 saturated heterocycles. The first kappa shape index (κ1) is 21.2. The summed E-state index contributed by atoms with van der Waals surface area (Å²) in [4.78, 5) is 30.1. The summed E-state index contributed by atoms with van der Waals surface area (Å²) in [5, 5.41) is 9.99. The Morgan fingerprint density at radius 1 is 0.906 bits per heavy atom. The zero-order valence-corrected chi connectivity index (χ0v) is 18.2. The number of halogens is 1. The molecule has 3 N–H and O–H groups in total. The second-order valence-corrected chi connectivity index (χ2v) is 7.48. The number of pyridine rings is 1. The summed E-state index contributed by atoms with van der Waals surface area (Å²) in [6.07, 6.45) is 1.66. The molecule has 0 radical (unpaired) electrons. The number of anilines is 2. The van der Waals surface area contributed by atoms with Crippen LogP contribution in [0.4, 0.5) is 22.1 Å². The highest BCUT2D eigenvalue weighted by molar-refractivity contribution is 6.30. The van der Waals surface area contributed by atoms with Crippen LogP contribution in [0, 0.1) is 13.8 Å². The lowest BCUT2D eigenvalue weighted by Gasteiger charge is -2.13. The van der Waals surface area contributed by atoms with E-state index in [9.17, 15) is 4.79 Å². The van der Waals surface area contributed by atoms with E-state index in [0.29, 0.717) is 16.4 Å². The predicted octanol–water partition coefficient (Wildman–Crippen LogP) is 5.22. The number of amides is 2. The summed E-state index contributed by atoms with van der Waals surface area (Å²) in [6, 6.07) is 17.8. The van der Waals surface area contributed by atoms with Crippen LogP contribution in [0.3, 0.4) is 0 Å². The van der Waals surface area contributed by atoms with Crippen molar-refractivity contribution in [3.8, 4) is 0 Å². The van der Waals surface area contributed by atoms with E-state index in [2.05, 4.69) is 35.9 Å². The van der Waals surface area contributed by atoms with Crippen molar-refractivity contribution in [1.82, 2.24) is 20.3 Å². The molecule has 0 atom stereocenters. The number of para-hydroxylation sites is 1. The Kier molecular flexibility index (Phi) is 6.23. The number of aliphatic imine (C=N–C) groups is 1. The van der Waals surface area contributed by atoms with Crippen molar-refractivity contribution in [3.63, 3.8) is 0 Å². The molecule has 160 valence electrons. The van der Waals surface area contributed by atoms with Crippen LogP contribution < -0.4 is 16.0 Å². The monoisotopic (exact) mass is 445 g/mol. The normalized spacial score (nSPS) is 11.3. The highest BCUT2D eigenvalue weighted by Crippen LogP contribution is 2.17. The van der Waals surface area contributed by atoms with Crippen molar-refractivity contribution in [1.29, 1.82) is 0 Å². The number of nitrogens with zero attached hydrogens (tertiary/aromatic N) is 4. The molecule has 0 aliphatic rings. The van der Waals surface area contributed by atoms with Crippen LogP contribution in [0.2, 0.25) is 5.02 Å². The molecule has 0 unspecified atom stereocenters. The van der Waals surface area contributed by atoms with Crippen molar-refractivity contribution in [2.45, 2.75) is 13.8 Å². The average molecular weight is 446 g/mol. The zero-order valence-electron chi connectivity index (χ0n) is 17.4. The quantitative estimate of drug-likeness (QED) is 0.296. The third-order valence-electron chi connectivity index (χ3n) is 4.35. The van der Waals surface area contributed by atoms with Gasteiger partial charge in [0.25, 0.3) is 5.95 Å². The number of hydrogen-bond donors (Lipinski definition) is 3. The third kappa shape index (κ3) is 5.55. The first-order valence-electron chi connectivity index (χ1n) is 9.81. The Hall–Kier alpha value is -4.04. The molecule has 8 nitrogen and oxygen atoms in total. The number of carbonyl (C=O) groups excluding carboxylic acids is 1. The summed E-state index contributed by atoms with van der Waals surface area (Å²) in [7, 11) is 0. The number of fused-ring (bicyclic) bond motifs is 1. The minimum absolute atomic E-state index is 0.145. The highest BCUT2D eigenvalue weighted by Gasteiger charge is 2.10. The van der Waals surface area contributed by atoms with Crippen LogP contribution in [0.5, 0.6) is 0 Å². The van der Waals surface area contributed by atoms with Crippen LogP contribution in [0.25, 0.3) is 10.9 Å². The summed E-state index contributed by atoms with van der Waals surface area (Å²) in [5.41, 5.74) is 3.60. The molecular formula is C23H20ClN7O. The lowest BCUT2D eigenvalue weighted by atomic mass is 10.2. The molecule has 0 fully saturated rings. The van der Waals surface area contributed by atoms with Crippen LogP contribution in [-0.2, 0) is 0 Å². The van der Waals surface area contributed by atoms with Crippen molar-refractivity contribution in [2.75, 3.05) is 10.6 Å². The summed E-state index contributed by atoms with van der Waals surface area (Å²) >= 11 is 5.99. The number of carbonyl (C=O) groups is 1. The Balaban J connectivity index is 1.62. The molecule has 32 heavy (non-hydrogen) atoms. The van der Waals surface area contributed by atoms with Gasteiger partial charge in [-0.05, 0) is 50.2 Å². The van der Waals surface area contributed by atoms with Crippen molar-refractivity contribution in [2.24, 2.45) is 4.99 Å². The van der Waals surface area contributed by atoms with Crippen LogP contribution >= 0.6 is 11.6 Å². The van der Waals surface area contributed by atoms with Gasteiger partial charge in [0.15, 0.2) is 0 Å². The first-order chi connectivity index (χ1) is 15.4. The van der Waals surface area contributed by atoms with E-state index in [-0.39, 0.29) is 11.9 Å². The van der Waals surface area contributed by atoms with E-state index >= 15 is 0 Å². The van der Waals surface area contributed by atoms with E-state index in [1.54, 1.807) is 30.5 Å². The topological polar surface area (TPSA) is 104 Å². The molecule has 0 bridgehead atoms. The van der Waals surface area contributed by atoms with E-state index in [1.807, 2.05) is 50.2 Å². The van der Waals surface area contributed by atoms with E-state index in [0.717, 1.165) is 22.3 Å². The number of hydrogen-bond acceptors (Lipinski definition) is 5. The standard InChI is InChI=1S/C23H20ClN7O/c1-14-10-15(2)27-21(26-14)30-22(31-23(32)29-18-8-5-7-17(24)12-18)28-19-11-16-6-3-4-9-20(16)25-13-19/h3-13H,1-2H3,(H3,26,27,28,29,30,31,32). The van der Waals surface area contributed by atoms with E-state index in [4.69, 9.17) is 11.6 Å². The molecule has 0 saturated carbocycles. The third-order valence-corrected chi connectivity index (χ3v) is 4.59. The predicted molar refractivity (Wildman–Crippen MR) is 128 cm³/mol. The molecule has 2 amide bonds. The van der Waals surface area contributed by atoms with Gasteiger partial charge >= 0.3 is 6.03 Å². The smallest absolute Gasteiger partial charge is 0.324 e. The summed E-state index contributed by atoms with van der Waals surface area (Å²) in [5.74, 6) is 0.369. The maximum atomic E-state index is 12.6. The Morgan fingerprint density at radius 3 is 2.47 bits per heavy atom. The Labute approximate surface area is 189 Å². The molecule has 2 aromatic heterocycles. The fraction of sp³-hybridized carbons (Fsp3) is 0.0870. The van der Waals surface area contributed by atoms with Gasteiger partial charge in [0.05, 0.1) is 17.4 Å². The maximum Gasteiger partial charge on any atom is 0.326 e. The van der Waals surface area contributed by atoms with Gasteiger partial charge in [-0.25, -0.2) is 14.8 Å². The molecule has 0 aliphatic heterocycles. The summed E-state index contributed by atoms with van der Waals surface area (Å²) < 4.78 is 0. The molecular weight excluding hydrogens is 426 g/mol. The molecule has 0 aliphatic carbocycles. The van der Waals surface area contributed by atoms with Crippen molar-refractivity contribution >= 4 is 51.8 Å². The summed E-state index contributed by atoms with van der Waals surface area (Å²) in [6.45, 7) is 3.71. The number of nitrogens with one attached hydrogen (secondary N) is 3. The molecule has 4 aromatic rings. The number of guanidine groups is 1. The molecule has 4 rings (SSSR count). The van der Waals surface area contributed by atoms with E-state index < -0.39 is 6.03 Å². The first-order valence-corrected chi connectivity index (χ1v) is 10.2. The second-order valence-electron chi connectivity index (χ2n) is 7.04. The van der Waals surface area contributed by atoms with Gasteiger partial charge in [0, 0.05) is 27.5 Å². The molecule has 0 spiro atoms. The van der Waals surface area contributed by atoms with Crippen molar-refractivity contribution < 1.29 is 4.79 Å². The van der Waals surface area contributed by atoms with Gasteiger partial charge in [0.1, 0.15) is 0 Å². The Bertz CT molecular complexity index is 1300. The average Bonchev–Trinajstić information content (AvgIpc) is 2.73. The fourth-order valence-electron chi connectivity index (χ4n) is 3.06. The van der Waals surface area contributed by atoms with Gasteiger partial charge in [-0.15, -0.1) is 0 Å². The van der Waals surface area contributed by atoms with Gasteiger partial charge in [0.2, 0.25) is 5.96 Å². The number of benzene rings is 2.